The van der Waals surface area contributed by atoms with E-state index in [1.54, 1.807) is 20.8 Å². The zero-order chi connectivity index (χ0) is 17.2. The number of esters is 2. The Morgan fingerprint density at radius 2 is 1.48 bits per heavy atom. The van der Waals surface area contributed by atoms with Gasteiger partial charge in [0.15, 0.2) is 10.1 Å². The molecule has 0 fully saturated rings. The Morgan fingerprint density at radius 1 is 1.05 bits per heavy atom. The van der Waals surface area contributed by atoms with Crippen LogP contribution in [0.25, 0.3) is 0 Å². The molecule has 7 heteroatoms. The molecule has 0 N–H and O–H groups in total. The van der Waals surface area contributed by atoms with Crippen LogP contribution >= 0.6 is 15.9 Å². The number of Topliss-reactive ketones (excluding diaryl/α,β-unsaturated/α-hetero) is 2. The molecule has 0 heterocycles. The van der Waals surface area contributed by atoms with E-state index < -0.39 is 22.2 Å². The van der Waals surface area contributed by atoms with Crippen molar-refractivity contribution in [1.82, 2.24) is 0 Å². The lowest BCUT2D eigenvalue weighted by atomic mass is 10.1. The molecule has 0 aromatic heterocycles. The molecule has 0 aliphatic rings. The average molecular weight is 367 g/mol. The highest BCUT2D eigenvalue weighted by Gasteiger charge is 2.36. The van der Waals surface area contributed by atoms with Crippen molar-refractivity contribution >= 4 is 39.4 Å². The van der Waals surface area contributed by atoms with E-state index in [4.69, 9.17) is 0 Å². The van der Waals surface area contributed by atoms with Crippen molar-refractivity contribution in [3.63, 3.8) is 0 Å². The molecular formula is C14H23BrO6. The molecular weight excluding hydrogens is 344 g/mol. The quantitative estimate of drug-likeness (QED) is 0.406. The third-order valence-corrected chi connectivity index (χ3v) is 3.45. The molecule has 0 aromatic rings. The van der Waals surface area contributed by atoms with Gasteiger partial charge >= 0.3 is 11.9 Å². The van der Waals surface area contributed by atoms with Crippen LogP contribution in [0.4, 0.5) is 0 Å². The lowest BCUT2D eigenvalue weighted by molar-refractivity contribution is -0.151. The van der Waals surface area contributed by atoms with Crippen LogP contribution in [0.3, 0.4) is 0 Å². The number of hydrogen-bond donors (Lipinski definition) is 0. The molecule has 0 aliphatic heterocycles. The van der Waals surface area contributed by atoms with Crippen molar-refractivity contribution in [2.75, 3.05) is 13.2 Å². The number of halogens is 1. The Balaban J connectivity index is 0. The van der Waals surface area contributed by atoms with Crippen molar-refractivity contribution in [2.24, 2.45) is 5.92 Å². The van der Waals surface area contributed by atoms with Crippen LogP contribution in [0.5, 0.6) is 0 Å². The molecule has 0 saturated carbocycles. The van der Waals surface area contributed by atoms with Crippen molar-refractivity contribution in [1.29, 1.82) is 0 Å². The van der Waals surface area contributed by atoms with Gasteiger partial charge < -0.3 is 9.47 Å². The van der Waals surface area contributed by atoms with Gasteiger partial charge in [-0.25, -0.2) is 0 Å². The summed E-state index contributed by atoms with van der Waals surface area (Å²) >= 11 is 2.99. The molecule has 0 saturated heterocycles. The van der Waals surface area contributed by atoms with Crippen LogP contribution in [0.1, 0.15) is 41.5 Å². The molecule has 6 nitrogen and oxygen atoms in total. The van der Waals surface area contributed by atoms with E-state index in [-0.39, 0.29) is 18.2 Å². The van der Waals surface area contributed by atoms with E-state index >= 15 is 0 Å². The maximum Gasteiger partial charge on any atom is 0.330 e. The molecule has 122 valence electrons. The summed E-state index contributed by atoms with van der Waals surface area (Å²) in [6.07, 6.45) is 0. The third-order valence-electron chi connectivity index (χ3n) is 2.57. The number of rotatable bonds is 6. The van der Waals surface area contributed by atoms with Crippen molar-refractivity contribution in [2.45, 2.75) is 45.9 Å². The minimum atomic E-state index is -1.18. The largest absolute Gasteiger partial charge is 0.465 e. The first-order valence-corrected chi connectivity index (χ1v) is 7.35. The summed E-state index contributed by atoms with van der Waals surface area (Å²) < 4.78 is 8.09. The Morgan fingerprint density at radius 3 is 1.76 bits per heavy atom. The SMILES string of the molecule is CCOC(=O)C(C)(Br)C(C)=O.CCOC(=O)C(C)C(C)=O. The van der Waals surface area contributed by atoms with Gasteiger partial charge in [-0.05, 0) is 41.5 Å². The fourth-order valence-electron chi connectivity index (χ4n) is 0.844. The van der Waals surface area contributed by atoms with Crippen LogP contribution in [0.2, 0.25) is 0 Å². The van der Waals surface area contributed by atoms with Crippen molar-refractivity contribution in [3.05, 3.63) is 0 Å². The highest BCUT2D eigenvalue weighted by molar-refractivity contribution is 9.10. The van der Waals surface area contributed by atoms with Crippen LogP contribution in [0, 0.1) is 5.92 Å². The van der Waals surface area contributed by atoms with Gasteiger partial charge in [-0.1, -0.05) is 15.9 Å². The molecule has 2 atom stereocenters. The predicted octanol–water partition coefficient (Wildman–Crippen LogP) is 2.07. The Kier molecular flexibility index (Phi) is 11.0. The maximum absolute atomic E-state index is 11.0. The summed E-state index contributed by atoms with van der Waals surface area (Å²) in [7, 11) is 0. The van der Waals surface area contributed by atoms with Crippen LogP contribution in [-0.2, 0) is 28.7 Å². The number of ketones is 2. The number of ether oxygens (including phenoxy) is 2. The molecule has 2 unspecified atom stereocenters. The summed E-state index contributed by atoms with van der Waals surface area (Å²) in [4.78, 5) is 43.2. The molecule has 0 radical (unpaired) electrons. The van der Waals surface area contributed by atoms with Gasteiger partial charge in [-0.3, -0.25) is 19.2 Å². The van der Waals surface area contributed by atoms with Crippen LogP contribution in [0.15, 0.2) is 0 Å². The van der Waals surface area contributed by atoms with E-state index in [9.17, 15) is 19.2 Å². The lowest BCUT2D eigenvalue weighted by Crippen LogP contribution is -2.37. The standard InChI is InChI=1S/C7H11BrO3.C7H12O3/c1-4-11-6(10)7(3,8)5(2)9;1-4-10-7(9)5(2)6(3)8/h4H2,1-3H3;5H,4H2,1-3H3. The molecule has 0 amide bonds. The maximum atomic E-state index is 11.0. The summed E-state index contributed by atoms with van der Waals surface area (Å²) in [6, 6.07) is 0. The first kappa shape index (κ1) is 22.0. The Bertz CT molecular complexity index is 389. The predicted molar refractivity (Wildman–Crippen MR) is 81.1 cm³/mol. The van der Waals surface area contributed by atoms with E-state index in [0.29, 0.717) is 6.61 Å². The second kappa shape index (κ2) is 10.5. The average Bonchev–Trinajstić information content (AvgIpc) is 2.38. The van der Waals surface area contributed by atoms with Crippen LogP contribution < -0.4 is 0 Å². The second-order valence-corrected chi connectivity index (χ2v) is 5.95. The van der Waals surface area contributed by atoms with E-state index in [0.717, 1.165) is 0 Å². The normalized spacial score (nSPS) is 13.9. The van der Waals surface area contributed by atoms with Gasteiger partial charge in [0.05, 0.1) is 13.2 Å². The topological polar surface area (TPSA) is 86.7 Å². The van der Waals surface area contributed by atoms with Crippen LogP contribution in [-0.4, -0.2) is 41.0 Å². The fourth-order valence-corrected chi connectivity index (χ4v) is 0.958. The Labute approximate surface area is 133 Å². The van der Waals surface area contributed by atoms with Gasteiger partial charge in [-0.2, -0.15) is 0 Å². The molecule has 0 spiro atoms. The molecule has 0 bridgehead atoms. The molecule has 0 aliphatic carbocycles. The minimum absolute atomic E-state index is 0.154. The lowest BCUT2D eigenvalue weighted by Gasteiger charge is -2.15. The number of carbonyl (C=O) groups is 4. The number of alkyl halides is 1. The Hall–Kier alpha value is -1.24. The highest BCUT2D eigenvalue weighted by Crippen LogP contribution is 2.19. The second-order valence-electron chi connectivity index (χ2n) is 4.36. The summed E-state index contributed by atoms with van der Waals surface area (Å²) in [6.45, 7) is 9.76. The zero-order valence-electron chi connectivity index (χ0n) is 13.3. The van der Waals surface area contributed by atoms with E-state index in [1.807, 2.05) is 0 Å². The highest BCUT2D eigenvalue weighted by atomic mass is 79.9. The first-order valence-electron chi connectivity index (χ1n) is 6.56. The van der Waals surface area contributed by atoms with Gasteiger partial charge in [-0.15, -0.1) is 0 Å². The molecule has 21 heavy (non-hydrogen) atoms. The zero-order valence-corrected chi connectivity index (χ0v) is 14.9. The third kappa shape index (κ3) is 8.60. The smallest absolute Gasteiger partial charge is 0.330 e. The van der Waals surface area contributed by atoms with Gasteiger partial charge in [0.1, 0.15) is 11.7 Å². The molecule has 0 aromatic carbocycles. The van der Waals surface area contributed by atoms with E-state index in [1.165, 1.54) is 20.8 Å². The van der Waals surface area contributed by atoms with Gasteiger partial charge in [0.25, 0.3) is 0 Å². The summed E-state index contributed by atoms with van der Waals surface area (Å²) in [5, 5.41) is 0. The molecule has 0 rings (SSSR count). The number of carbonyl (C=O) groups excluding carboxylic acids is 4. The summed E-state index contributed by atoms with van der Waals surface area (Å²) in [5.41, 5.74) is 0. The van der Waals surface area contributed by atoms with Crippen molar-refractivity contribution < 1.29 is 28.7 Å². The number of hydrogen-bond acceptors (Lipinski definition) is 6. The van der Waals surface area contributed by atoms with Crippen molar-refractivity contribution in [3.8, 4) is 0 Å². The van der Waals surface area contributed by atoms with Gasteiger partial charge in [0.2, 0.25) is 0 Å². The van der Waals surface area contributed by atoms with E-state index in [2.05, 4.69) is 25.4 Å². The summed E-state index contributed by atoms with van der Waals surface area (Å²) in [5.74, 6) is -1.99. The fraction of sp³-hybridized carbons (Fsp3) is 0.714. The van der Waals surface area contributed by atoms with Gasteiger partial charge in [0, 0.05) is 0 Å². The minimum Gasteiger partial charge on any atom is -0.465 e. The monoisotopic (exact) mass is 366 g/mol. The first-order chi connectivity index (χ1) is 9.52.